The SMILES string of the molecule is C=S.CP(C)C.CP(C)C.[Pt]. The molecule has 0 aromatic heterocycles. The summed E-state index contributed by atoms with van der Waals surface area (Å²) in [6, 6.07) is 0. The summed E-state index contributed by atoms with van der Waals surface area (Å²) in [5.41, 5.74) is 0. The van der Waals surface area contributed by atoms with Crippen LogP contribution in [0, 0.1) is 0 Å². The van der Waals surface area contributed by atoms with E-state index in [4.69, 9.17) is 0 Å². The molecule has 11 heavy (non-hydrogen) atoms. The third kappa shape index (κ3) is 403. The van der Waals surface area contributed by atoms with E-state index in [2.05, 4.69) is 58.1 Å². The minimum atomic E-state index is 0. The van der Waals surface area contributed by atoms with Crippen LogP contribution in [0.4, 0.5) is 0 Å². The van der Waals surface area contributed by atoms with Crippen molar-refractivity contribution >= 4 is 33.9 Å². The zero-order valence-electron chi connectivity index (χ0n) is 8.33. The maximum Gasteiger partial charge on any atom is 0 e. The maximum atomic E-state index is 3.83. The van der Waals surface area contributed by atoms with Crippen molar-refractivity contribution in [1.82, 2.24) is 0 Å². The topological polar surface area (TPSA) is 0 Å². The molecule has 0 aliphatic carbocycles. The minimum absolute atomic E-state index is 0. The molecule has 0 nitrogen and oxygen atoms in total. The van der Waals surface area contributed by atoms with Crippen LogP contribution < -0.4 is 0 Å². The standard InChI is InChI=1S/2C3H9P.CH2S.Pt/c2*1-4(2)3;1-2;/h2*1-3H3;1H2;. The van der Waals surface area contributed by atoms with E-state index in [9.17, 15) is 0 Å². The first kappa shape index (κ1) is 22.9. The van der Waals surface area contributed by atoms with E-state index in [0.29, 0.717) is 15.8 Å². The molecule has 0 aromatic rings. The van der Waals surface area contributed by atoms with Gasteiger partial charge in [0.2, 0.25) is 0 Å². The van der Waals surface area contributed by atoms with Crippen LogP contribution in [0.2, 0.25) is 0 Å². The van der Waals surface area contributed by atoms with Gasteiger partial charge in [-0.3, -0.25) is 0 Å². The van der Waals surface area contributed by atoms with E-state index in [0.717, 1.165) is 0 Å². The molecule has 0 saturated carbocycles. The second-order valence-corrected chi connectivity index (χ2v) is 8.05. The number of hydrogen-bond acceptors (Lipinski definition) is 1. The van der Waals surface area contributed by atoms with Crippen molar-refractivity contribution in [2.45, 2.75) is 0 Å². The van der Waals surface area contributed by atoms with E-state index < -0.39 is 0 Å². The molecular weight excluding hydrogens is 373 g/mol. The van der Waals surface area contributed by atoms with Crippen LogP contribution in [0.15, 0.2) is 0 Å². The van der Waals surface area contributed by atoms with Crippen molar-refractivity contribution in [3.63, 3.8) is 0 Å². The third-order valence-corrected chi connectivity index (χ3v) is 0. The summed E-state index contributed by atoms with van der Waals surface area (Å²) < 4.78 is 0. The molecule has 74 valence electrons. The maximum absolute atomic E-state index is 3.83. The molecule has 0 bridgehead atoms. The molecule has 0 aromatic carbocycles. The number of thiocarbonyl (C=S) groups is 1. The Hall–Kier alpha value is 1.64. The number of hydrogen-bond donors (Lipinski definition) is 0. The second-order valence-electron chi connectivity index (χ2n) is 2.68. The van der Waals surface area contributed by atoms with Crippen LogP contribution in [0.5, 0.6) is 0 Å². The van der Waals surface area contributed by atoms with E-state index in [-0.39, 0.29) is 21.1 Å². The second kappa shape index (κ2) is 22.6. The van der Waals surface area contributed by atoms with Crippen molar-refractivity contribution in [3.05, 3.63) is 0 Å². The van der Waals surface area contributed by atoms with Gasteiger partial charge in [0.25, 0.3) is 0 Å². The molecule has 4 heteroatoms. The molecule has 0 unspecified atom stereocenters. The molecule has 0 N–H and O–H groups in total. The van der Waals surface area contributed by atoms with Gasteiger partial charge in [-0.2, -0.15) is 0 Å². The first-order chi connectivity index (χ1) is 4.46. The van der Waals surface area contributed by atoms with Gasteiger partial charge in [0.05, 0.1) is 0 Å². The summed E-state index contributed by atoms with van der Waals surface area (Å²) in [7, 11) is 0.759. The van der Waals surface area contributed by atoms with Crippen molar-refractivity contribution in [3.8, 4) is 0 Å². The fourth-order valence-electron chi connectivity index (χ4n) is 0. The van der Waals surface area contributed by atoms with Gasteiger partial charge in [0.15, 0.2) is 0 Å². The summed E-state index contributed by atoms with van der Waals surface area (Å²) in [5, 5.41) is 0. The van der Waals surface area contributed by atoms with Gasteiger partial charge in [-0.15, -0.1) is 15.8 Å². The van der Waals surface area contributed by atoms with Crippen LogP contribution in [-0.2, 0) is 21.1 Å². The molecule has 0 spiro atoms. The quantitative estimate of drug-likeness (QED) is 0.450. The van der Waals surface area contributed by atoms with Crippen LogP contribution in [0.25, 0.3) is 0 Å². The van der Waals surface area contributed by atoms with Gasteiger partial charge in [-0.25, -0.2) is 0 Å². The molecule has 0 rings (SSSR count). The van der Waals surface area contributed by atoms with Crippen molar-refractivity contribution in [2.24, 2.45) is 0 Å². The molecule has 0 atom stereocenters. The van der Waals surface area contributed by atoms with E-state index in [1.54, 1.807) is 0 Å². The Morgan fingerprint density at radius 1 is 0.727 bits per heavy atom. The smallest absolute Gasteiger partial charge is 0 e. The van der Waals surface area contributed by atoms with E-state index in [1.807, 2.05) is 0 Å². The third-order valence-electron chi connectivity index (χ3n) is 0. The van der Waals surface area contributed by atoms with Crippen LogP contribution in [0.1, 0.15) is 0 Å². The predicted octanol–water partition coefficient (Wildman–Crippen LogP) is 3.33. The molecule has 0 radical (unpaired) electrons. The molecule has 0 heterocycles. The van der Waals surface area contributed by atoms with Gasteiger partial charge in [-0.1, -0.05) is 12.2 Å². The first-order valence-electron chi connectivity index (χ1n) is 2.97. The van der Waals surface area contributed by atoms with E-state index >= 15 is 0 Å². The largest absolute Gasteiger partial charge is 0.116 e. The Bertz CT molecular complexity index is 40.2. The van der Waals surface area contributed by atoms with Gasteiger partial charge in [-0.05, 0) is 45.9 Å². The summed E-state index contributed by atoms with van der Waals surface area (Å²) in [4.78, 5) is 0. The van der Waals surface area contributed by atoms with Crippen LogP contribution in [0.3, 0.4) is 0 Å². The molecule has 0 aliphatic heterocycles. The van der Waals surface area contributed by atoms with Crippen LogP contribution >= 0.6 is 28.1 Å². The Balaban J connectivity index is -0.0000000339. The summed E-state index contributed by atoms with van der Waals surface area (Å²) >= 11 is 3.83. The Labute approximate surface area is 94.7 Å². The van der Waals surface area contributed by atoms with Gasteiger partial charge in [0.1, 0.15) is 0 Å². The van der Waals surface area contributed by atoms with Crippen LogP contribution in [-0.4, -0.2) is 45.9 Å². The van der Waals surface area contributed by atoms with Crippen molar-refractivity contribution < 1.29 is 21.1 Å². The van der Waals surface area contributed by atoms with Gasteiger partial charge in [0, 0.05) is 21.1 Å². The number of rotatable bonds is 0. The Morgan fingerprint density at radius 3 is 0.727 bits per heavy atom. The molecule has 0 amide bonds. The molecule has 0 saturated heterocycles. The first-order valence-corrected chi connectivity index (χ1v) is 8.92. The fourth-order valence-corrected chi connectivity index (χ4v) is 0. The normalized spacial score (nSPS) is 6.91. The zero-order chi connectivity index (χ0) is 9.15. The summed E-state index contributed by atoms with van der Waals surface area (Å²) in [5.74, 6) is 2.83. The monoisotopic (exact) mass is 393 g/mol. The van der Waals surface area contributed by atoms with Gasteiger partial charge < -0.3 is 0 Å². The molecular formula is C7H20P2PtS. The van der Waals surface area contributed by atoms with Gasteiger partial charge >= 0.3 is 0 Å². The Morgan fingerprint density at radius 2 is 0.727 bits per heavy atom. The van der Waals surface area contributed by atoms with Crippen molar-refractivity contribution in [2.75, 3.05) is 40.0 Å². The minimum Gasteiger partial charge on any atom is -0.116 e. The predicted molar refractivity (Wildman–Crippen MR) is 64.1 cm³/mol. The summed E-state index contributed by atoms with van der Waals surface area (Å²) in [6.45, 7) is 13.4. The molecule has 0 aliphatic rings. The average Bonchev–Trinajstić information content (AvgIpc) is 1.66. The fraction of sp³-hybridized carbons (Fsp3) is 0.857. The van der Waals surface area contributed by atoms with E-state index in [1.165, 1.54) is 0 Å². The summed E-state index contributed by atoms with van der Waals surface area (Å²) in [6.07, 6.45) is 0. The zero-order valence-corrected chi connectivity index (χ0v) is 13.2. The Kier molecular flexibility index (Phi) is 47.1. The molecule has 0 fully saturated rings. The van der Waals surface area contributed by atoms with Crippen molar-refractivity contribution in [1.29, 1.82) is 0 Å². The average molecular weight is 393 g/mol.